The highest BCUT2D eigenvalue weighted by Crippen LogP contribution is 2.40. The third kappa shape index (κ3) is 11.4. The van der Waals surface area contributed by atoms with Crippen molar-refractivity contribution in [2.75, 3.05) is 40.8 Å². The molecule has 2 amide bonds. The van der Waals surface area contributed by atoms with Gasteiger partial charge in [0.2, 0.25) is 23.7 Å². The molecule has 2 aromatic rings. The van der Waals surface area contributed by atoms with E-state index in [1.165, 1.54) is 11.1 Å². The Balaban J connectivity index is 0.000000241. The maximum Gasteiger partial charge on any atom is 0.237 e. The Bertz CT molecular complexity index is 1600. The summed E-state index contributed by atoms with van der Waals surface area (Å²) in [5.41, 5.74) is 2.48. The lowest BCUT2D eigenvalue weighted by atomic mass is 9.68. The first-order chi connectivity index (χ1) is 25.7. The molecule has 1 atom stereocenters. The number of nitrogens with zero attached hydrogens (tertiary/aromatic N) is 5. The molecule has 5 rings (SSSR count). The number of hydrogen-bond acceptors (Lipinski definition) is 7. The van der Waals surface area contributed by atoms with Crippen molar-refractivity contribution in [2.24, 2.45) is 9.98 Å². The fourth-order valence-corrected chi connectivity index (χ4v) is 8.06. The van der Waals surface area contributed by atoms with E-state index in [1.807, 2.05) is 43.7 Å². The lowest BCUT2D eigenvalue weighted by molar-refractivity contribution is -0.125. The second kappa shape index (κ2) is 20.2. The summed E-state index contributed by atoms with van der Waals surface area (Å²) in [7, 11) is 5.35. The van der Waals surface area contributed by atoms with Crippen molar-refractivity contribution in [3.05, 3.63) is 71.8 Å². The molecular weight excluding hydrogens is 667 g/mol. The number of nitriles is 2. The zero-order valence-electron chi connectivity index (χ0n) is 31.8. The van der Waals surface area contributed by atoms with Gasteiger partial charge < -0.3 is 21.3 Å². The minimum absolute atomic E-state index is 0.00112. The van der Waals surface area contributed by atoms with Gasteiger partial charge in [-0.05, 0) is 88.9 Å². The number of carbonyl (C=O) groups is 2. The van der Waals surface area contributed by atoms with Crippen LogP contribution in [-0.4, -0.2) is 87.5 Å². The molecule has 0 unspecified atom stereocenters. The number of aliphatic imine (C=N–C) groups is 2. The van der Waals surface area contributed by atoms with Crippen LogP contribution in [-0.2, 0) is 20.4 Å². The molecule has 13 heteroatoms. The number of benzene rings is 2. The van der Waals surface area contributed by atoms with Crippen LogP contribution in [0.5, 0.6) is 0 Å². The third-order valence-electron chi connectivity index (χ3n) is 11.2. The fraction of sp³-hybridized carbons (Fsp3) is 0.550. The summed E-state index contributed by atoms with van der Waals surface area (Å²) < 4.78 is 0. The molecule has 284 valence electrons. The van der Waals surface area contributed by atoms with Crippen LogP contribution < -0.4 is 31.9 Å². The summed E-state index contributed by atoms with van der Waals surface area (Å²) in [6.45, 7) is 3.87. The highest BCUT2D eigenvalue weighted by Gasteiger charge is 2.39. The summed E-state index contributed by atoms with van der Waals surface area (Å²) in [5, 5.41) is 35.6. The van der Waals surface area contributed by atoms with E-state index >= 15 is 0 Å². The van der Waals surface area contributed by atoms with Gasteiger partial charge in [0, 0.05) is 57.0 Å². The molecule has 53 heavy (non-hydrogen) atoms. The Kier molecular flexibility index (Phi) is 15.5. The second-order valence-corrected chi connectivity index (χ2v) is 14.5. The van der Waals surface area contributed by atoms with E-state index < -0.39 is 0 Å². The van der Waals surface area contributed by atoms with Gasteiger partial charge in [0.05, 0.1) is 6.04 Å². The minimum Gasteiger partial charge on any atom is -0.355 e. The fourth-order valence-electron chi connectivity index (χ4n) is 8.06. The zero-order valence-corrected chi connectivity index (χ0v) is 31.8. The molecule has 0 spiro atoms. The second-order valence-electron chi connectivity index (χ2n) is 14.5. The van der Waals surface area contributed by atoms with Gasteiger partial charge in [0.25, 0.3) is 0 Å². The number of nitrogens with one attached hydrogen (secondary N) is 6. The van der Waals surface area contributed by atoms with E-state index in [1.54, 1.807) is 21.0 Å². The Morgan fingerprint density at radius 1 is 0.736 bits per heavy atom. The normalized spacial score (nSPS) is 26.0. The van der Waals surface area contributed by atoms with E-state index in [2.05, 4.69) is 83.2 Å². The van der Waals surface area contributed by atoms with Gasteiger partial charge in [-0.25, -0.2) is 0 Å². The van der Waals surface area contributed by atoms with Gasteiger partial charge in [0.1, 0.15) is 0 Å². The molecule has 0 bridgehead atoms. The molecule has 2 aromatic carbocycles. The largest absolute Gasteiger partial charge is 0.355 e. The van der Waals surface area contributed by atoms with E-state index in [0.717, 1.165) is 70.8 Å². The van der Waals surface area contributed by atoms with E-state index in [-0.39, 0.29) is 40.8 Å². The van der Waals surface area contributed by atoms with Crippen molar-refractivity contribution in [1.82, 2.24) is 36.8 Å². The van der Waals surface area contributed by atoms with Gasteiger partial charge in [-0.2, -0.15) is 10.5 Å². The van der Waals surface area contributed by atoms with E-state index in [9.17, 15) is 9.59 Å². The first kappa shape index (κ1) is 40.6. The Morgan fingerprint density at radius 2 is 1.17 bits per heavy atom. The highest BCUT2D eigenvalue weighted by atomic mass is 16.2. The molecule has 13 nitrogen and oxygen atoms in total. The van der Waals surface area contributed by atoms with Crippen molar-refractivity contribution in [1.29, 1.82) is 10.5 Å². The SMILES string of the molecule is CN=C(NC#N)NC1CCC(CNC(=O)[C@@H]2CCCN2C)(c2ccccc2)CC1.CN=C(NC#N)NC1CCC(CNC(C)=O)(c2ccccc2)CC1. The Hall–Kier alpha value is -5.14. The molecule has 1 heterocycles. The van der Waals surface area contributed by atoms with Crippen LogP contribution in [0.1, 0.15) is 82.3 Å². The van der Waals surface area contributed by atoms with Crippen molar-refractivity contribution in [2.45, 2.75) is 100 Å². The maximum absolute atomic E-state index is 12.8. The van der Waals surface area contributed by atoms with Crippen molar-refractivity contribution >= 4 is 23.7 Å². The standard InChI is InChI=1S/C22H32N6O.C18H25N5O/c1-24-21(26-16-23)27-18-10-12-22(13-11-18,17-7-4-3-5-8-17)15-25-20(29)19-9-6-14-28(19)2;1-14(24)21-12-18(15-6-4-3-5-7-15)10-8-16(9-11-18)23-17(20-2)22-13-19/h3-5,7-8,18-19H,6,9-15H2,1-2H3,(H,25,29)(H2,24,26,27);3-7,16H,8-12H2,1-2H3,(H,21,24)(H2,20,22,23)/t18?,19-,22?;/m0./s1. The quantitative estimate of drug-likeness (QED) is 0.0979. The number of carbonyl (C=O) groups excluding carboxylic acids is 2. The molecule has 2 saturated carbocycles. The molecule has 3 aliphatic rings. The van der Waals surface area contributed by atoms with Crippen LogP contribution in [0, 0.1) is 22.9 Å². The number of likely N-dealkylation sites (tertiary alicyclic amines) is 1. The lowest BCUT2D eigenvalue weighted by Gasteiger charge is -2.41. The number of hydrogen-bond donors (Lipinski definition) is 6. The van der Waals surface area contributed by atoms with Crippen molar-refractivity contribution < 1.29 is 9.59 Å². The zero-order chi connectivity index (χ0) is 38.1. The molecule has 1 aliphatic heterocycles. The number of amides is 2. The monoisotopic (exact) mass is 723 g/mol. The molecule has 6 N–H and O–H groups in total. The molecular formula is C40H57N11O2. The van der Waals surface area contributed by atoms with Gasteiger partial charge in [-0.1, -0.05) is 60.7 Å². The first-order valence-corrected chi connectivity index (χ1v) is 18.8. The minimum atomic E-state index is -0.0571. The van der Waals surface area contributed by atoms with Crippen LogP contribution in [0.15, 0.2) is 70.6 Å². The highest BCUT2D eigenvalue weighted by molar-refractivity contribution is 5.82. The molecule has 3 fully saturated rings. The summed E-state index contributed by atoms with van der Waals surface area (Å²) in [6, 6.07) is 21.5. The van der Waals surface area contributed by atoms with Crippen LogP contribution in [0.25, 0.3) is 0 Å². The summed E-state index contributed by atoms with van der Waals surface area (Å²) in [5.74, 6) is 1.18. The molecule has 0 radical (unpaired) electrons. The van der Waals surface area contributed by atoms with Crippen LogP contribution in [0.2, 0.25) is 0 Å². The average molecular weight is 724 g/mol. The first-order valence-electron chi connectivity index (χ1n) is 18.8. The predicted octanol–water partition coefficient (Wildman–Crippen LogP) is 3.37. The smallest absolute Gasteiger partial charge is 0.237 e. The third-order valence-corrected chi connectivity index (χ3v) is 11.2. The predicted molar refractivity (Wildman–Crippen MR) is 209 cm³/mol. The van der Waals surface area contributed by atoms with Crippen molar-refractivity contribution in [3.8, 4) is 12.4 Å². The Morgan fingerprint density at radius 3 is 1.53 bits per heavy atom. The number of guanidine groups is 2. The van der Waals surface area contributed by atoms with Crippen LogP contribution in [0.4, 0.5) is 0 Å². The van der Waals surface area contributed by atoms with Gasteiger partial charge >= 0.3 is 0 Å². The molecule has 2 aliphatic carbocycles. The van der Waals surface area contributed by atoms with Crippen LogP contribution >= 0.6 is 0 Å². The summed E-state index contributed by atoms with van der Waals surface area (Å²) in [4.78, 5) is 34.5. The lowest BCUT2D eigenvalue weighted by Crippen LogP contribution is -2.51. The maximum atomic E-state index is 12.8. The van der Waals surface area contributed by atoms with Crippen molar-refractivity contribution in [3.63, 3.8) is 0 Å². The molecule has 0 aromatic heterocycles. The Labute approximate surface area is 315 Å². The van der Waals surface area contributed by atoms with E-state index in [4.69, 9.17) is 10.5 Å². The van der Waals surface area contributed by atoms with Gasteiger partial charge in [-0.15, -0.1) is 0 Å². The topological polar surface area (TPSA) is 182 Å². The van der Waals surface area contributed by atoms with Gasteiger partial charge in [0.15, 0.2) is 12.4 Å². The average Bonchev–Trinajstić information content (AvgIpc) is 3.63. The number of likely N-dealkylation sites (N-methyl/N-ethyl adjacent to an activating group) is 1. The number of rotatable bonds is 9. The van der Waals surface area contributed by atoms with Gasteiger partial charge in [-0.3, -0.25) is 35.1 Å². The molecule has 1 saturated heterocycles. The summed E-state index contributed by atoms with van der Waals surface area (Å²) >= 11 is 0. The van der Waals surface area contributed by atoms with E-state index in [0.29, 0.717) is 25.0 Å². The van der Waals surface area contributed by atoms with Crippen LogP contribution in [0.3, 0.4) is 0 Å². The summed E-state index contributed by atoms with van der Waals surface area (Å²) in [6.07, 6.45) is 13.6.